The van der Waals surface area contributed by atoms with Crippen LogP contribution < -0.4 is 4.74 Å². The SMILES string of the molecule is COc1ccc(CCC(=O)N2CCOC2=O)c(SC)c1.Cc1ccccc1. The fourth-order valence-electron chi connectivity index (χ4n) is 2.59. The summed E-state index contributed by atoms with van der Waals surface area (Å²) in [5, 5.41) is 0. The molecule has 0 spiro atoms. The van der Waals surface area contributed by atoms with E-state index in [0.29, 0.717) is 26.0 Å². The van der Waals surface area contributed by atoms with Crippen molar-refractivity contribution in [2.45, 2.75) is 24.7 Å². The molecule has 3 rings (SSSR count). The van der Waals surface area contributed by atoms with Crippen molar-refractivity contribution in [1.82, 2.24) is 4.90 Å². The Kier molecular flexibility index (Phi) is 8.20. The van der Waals surface area contributed by atoms with E-state index < -0.39 is 6.09 Å². The minimum Gasteiger partial charge on any atom is -0.497 e. The minimum atomic E-state index is -0.533. The van der Waals surface area contributed by atoms with Crippen LogP contribution in [0, 0.1) is 6.92 Å². The maximum Gasteiger partial charge on any atom is 0.416 e. The van der Waals surface area contributed by atoms with Gasteiger partial charge in [-0.3, -0.25) is 4.79 Å². The van der Waals surface area contributed by atoms with Crippen LogP contribution in [0.5, 0.6) is 5.75 Å². The Labute approximate surface area is 164 Å². The van der Waals surface area contributed by atoms with Gasteiger partial charge in [-0.25, -0.2) is 9.69 Å². The summed E-state index contributed by atoms with van der Waals surface area (Å²) >= 11 is 1.61. The molecular formula is C21H25NO4S. The second kappa shape index (κ2) is 10.6. The quantitative estimate of drug-likeness (QED) is 0.715. The molecule has 0 unspecified atom stereocenters. The lowest BCUT2D eigenvalue weighted by Gasteiger charge is -2.12. The number of methoxy groups -OCH3 is 1. The maximum absolute atomic E-state index is 11.9. The fraction of sp³-hybridized carbons (Fsp3) is 0.333. The van der Waals surface area contributed by atoms with Gasteiger partial charge in [-0.05, 0) is 37.3 Å². The number of hydrogen-bond acceptors (Lipinski definition) is 5. The van der Waals surface area contributed by atoms with Gasteiger partial charge >= 0.3 is 6.09 Å². The van der Waals surface area contributed by atoms with Crippen LogP contribution >= 0.6 is 11.8 Å². The molecule has 1 aliphatic heterocycles. The molecule has 27 heavy (non-hydrogen) atoms. The molecule has 6 heteroatoms. The summed E-state index contributed by atoms with van der Waals surface area (Å²) in [6.07, 6.45) is 2.35. The average Bonchev–Trinajstić information content (AvgIpc) is 3.13. The predicted octanol–water partition coefficient (Wildman–Crippen LogP) is 4.32. The Morgan fingerprint density at radius 1 is 1.22 bits per heavy atom. The minimum absolute atomic E-state index is 0.185. The molecule has 0 saturated carbocycles. The van der Waals surface area contributed by atoms with Gasteiger partial charge in [-0.2, -0.15) is 0 Å². The van der Waals surface area contributed by atoms with Gasteiger partial charge in [0, 0.05) is 11.3 Å². The van der Waals surface area contributed by atoms with Crippen molar-refractivity contribution in [3.63, 3.8) is 0 Å². The Morgan fingerprint density at radius 2 is 1.96 bits per heavy atom. The van der Waals surface area contributed by atoms with Crippen molar-refractivity contribution in [3.8, 4) is 5.75 Å². The smallest absolute Gasteiger partial charge is 0.416 e. The number of hydrogen-bond donors (Lipinski definition) is 0. The third-order valence-electron chi connectivity index (χ3n) is 4.10. The molecule has 2 aromatic carbocycles. The number of ether oxygens (including phenoxy) is 2. The molecule has 0 aliphatic carbocycles. The molecule has 0 atom stereocenters. The van der Waals surface area contributed by atoms with Gasteiger partial charge in [0.05, 0.1) is 13.7 Å². The van der Waals surface area contributed by atoms with Crippen LogP contribution in [-0.4, -0.2) is 43.4 Å². The molecular weight excluding hydrogens is 362 g/mol. The number of thioether (sulfide) groups is 1. The summed E-state index contributed by atoms with van der Waals surface area (Å²) in [4.78, 5) is 25.5. The van der Waals surface area contributed by atoms with Gasteiger partial charge in [-0.1, -0.05) is 42.0 Å². The van der Waals surface area contributed by atoms with Crippen LogP contribution in [0.2, 0.25) is 0 Å². The van der Waals surface area contributed by atoms with E-state index in [4.69, 9.17) is 9.47 Å². The molecule has 2 amide bonds. The van der Waals surface area contributed by atoms with E-state index in [1.165, 1.54) is 10.5 Å². The number of cyclic esters (lactones) is 1. The first-order valence-corrected chi connectivity index (χ1v) is 9.97. The standard InChI is InChI=1S/C14H17NO4S.C7H8/c1-18-11-5-3-10(12(9-11)20-2)4-6-13(16)15-7-8-19-14(15)17;1-7-5-3-2-4-6-7/h3,5,9H,4,6-8H2,1-2H3;2-6H,1H3. The van der Waals surface area contributed by atoms with Crippen molar-refractivity contribution in [3.05, 3.63) is 59.7 Å². The molecule has 0 bridgehead atoms. The molecule has 5 nitrogen and oxygen atoms in total. The summed E-state index contributed by atoms with van der Waals surface area (Å²) in [5.74, 6) is 0.614. The predicted molar refractivity (Wildman–Crippen MR) is 107 cm³/mol. The van der Waals surface area contributed by atoms with Crippen LogP contribution in [0.15, 0.2) is 53.4 Å². The van der Waals surface area contributed by atoms with Crippen LogP contribution in [0.3, 0.4) is 0 Å². The highest BCUT2D eigenvalue weighted by Gasteiger charge is 2.27. The Bertz CT molecular complexity index is 764. The fourth-order valence-corrected chi connectivity index (χ4v) is 3.26. The summed E-state index contributed by atoms with van der Waals surface area (Å²) in [5.41, 5.74) is 2.40. The summed E-state index contributed by atoms with van der Waals surface area (Å²) in [6.45, 7) is 2.73. The number of carbonyl (C=O) groups is 2. The second-order valence-electron chi connectivity index (χ2n) is 5.99. The number of imide groups is 1. The largest absolute Gasteiger partial charge is 0.497 e. The van der Waals surface area contributed by atoms with Gasteiger partial charge in [0.1, 0.15) is 12.4 Å². The molecule has 1 heterocycles. The zero-order valence-electron chi connectivity index (χ0n) is 15.9. The first-order chi connectivity index (χ1) is 13.0. The van der Waals surface area contributed by atoms with Gasteiger partial charge < -0.3 is 9.47 Å². The first-order valence-electron chi connectivity index (χ1n) is 8.75. The Hall–Kier alpha value is -2.47. The molecule has 0 radical (unpaired) electrons. The molecule has 1 aliphatic rings. The summed E-state index contributed by atoms with van der Waals surface area (Å²) < 4.78 is 9.94. The number of carbonyl (C=O) groups excluding carboxylic acids is 2. The third-order valence-corrected chi connectivity index (χ3v) is 4.92. The molecule has 2 aromatic rings. The van der Waals surface area contributed by atoms with E-state index in [2.05, 4.69) is 19.1 Å². The highest BCUT2D eigenvalue weighted by atomic mass is 32.2. The van der Waals surface area contributed by atoms with E-state index in [1.54, 1.807) is 18.9 Å². The average molecular weight is 388 g/mol. The van der Waals surface area contributed by atoms with Crippen molar-refractivity contribution >= 4 is 23.8 Å². The van der Waals surface area contributed by atoms with Crippen molar-refractivity contribution in [1.29, 1.82) is 0 Å². The lowest BCUT2D eigenvalue weighted by molar-refractivity contribution is -0.127. The van der Waals surface area contributed by atoms with E-state index in [9.17, 15) is 9.59 Å². The topological polar surface area (TPSA) is 55.8 Å². The summed E-state index contributed by atoms with van der Waals surface area (Å²) in [7, 11) is 1.63. The van der Waals surface area contributed by atoms with E-state index in [0.717, 1.165) is 16.2 Å². The third kappa shape index (κ3) is 6.32. The number of amides is 2. The van der Waals surface area contributed by atoms with Crippen molar-refractivity contribution < 1.29 is 19.1 Å². The van der Waals surface area contributed by atoms with E-state index in [1.807, 2.05) is 42.7 Å². The second-order valence-corrected chi connectivity index (χ2v) is 6.84. The molecule has 144 valence electrons. The maximum atomic E-state index is 11.9. The number of aryl methyl sites for hydroxylation is 2. The van der Waals surface area contributed by atoms with Gasteiger partial charge in [0.2, 0.25) is 5.91 Å². The van der Waals surface area contributed by atoms with E-state index >= 15 is 0 Å². The Balaban J connectivity index is 0.000000313. The van der Waals surface area contributed by atoms with Crippen LogP contribution in [0.4, 0.5) is 4.79 Å². The monoisotopic (exact) mass is 387 g/mol. The van der Waals surface area contributed by atoms with Gasteiger partial charge in [-0.15, -0.1) is 11.8 Å². The normalized spacial score (nSPS) is 12.9. The number of benzene rings is 2. The summed E-state index contributed by atoms with van der Waals surface area (Å²) in [6, 6.07) is 16.1. The molecule has 1 saturated heterocycles. The number of rotatable bonds is 5. The van der Waals surface area contributed by atoms with Crippen LogP contribution in [0.25, 0.3) is 0 Å². The van der Waals surface area contributed by atoms with Gasteiger partial charge in [0.15, 0.2) is 0 Å². The number of nitrogens with zero attached hydrogens (tertiary/aromatic N) is 1. The van der Waals surface area contributed by atoms with Crippen LogP contribution in [-0.2, 0) is 16.0 Å². The lowest BCUT2D eigenvalue weighted by Crippen LogP contribution is -2.31. The van der Waals surface area contributed by atoms with Crippen LogP contribution in [0.1, 0.15) is 17.5 Å². The van der Waals surface area contributed by atoms with Gasteiger partial charge in [0.25, 0.3) is 0 Å². The highest BCUT2D eigenvalue weighted by molar-refractivity contribution is 7.98. The molecule has 1 fully saturated rings. The highest BCUT2D eigenvalue weighted by Crippen LogP contribution is 2.26. The Morgan fingerprint density at radius 3 is 2.48 bits per heavy atom. The molecule has 0 aromatic heterocycles. The first kappa shape index (κ1) is 20.8. The van der Waals surface area contributed by atoms with Crippen molar-refractivity contribution in [2.24, 2.45) is 0 Å². The van der Waals surface area contributed by atoms with Crippen molar-refractivity contribution in [2.75, 3.05) is 26.5 Å². The lowest BCUT2D eigenvalue weighted by atomic mass is 10.1. The van der Waals surface area contributed by atoms with E-state index in [-0.39, 0.29) is 5.91 Å². The zero-order valence-corrected chi connectivity index (χ0v) is 16.8. The zero-order chi connectivity index (χ0) is 19.6. The molecule has 0 N–H and O–H groups in total.